The molecule has 1 fully saturated rings. The third kappa shape index (κ3) is 3.96. The van der Waals surface area contributed by atoms with E-state index >= 15 is 0 Å². The number of carbonyl (C=O) groups excluding carboxylic acids is 3. The molecule has 2 amide bonds. The van der Waals surface area contributed by atoms with Crippen molar-refractivity contribution < 1.29 is 19.1 Å². The van der Waals surface area contributed by atoms with Crippen LogP contribution in [-0.4, -0.2) is 41.8 Å². The molecule has 7 nitrogen and oxygen atoms in total. The number of ether oxygens (including phenoxy) is 1. The predicted molar refractivity (Wildman–Crippen MR) is 109 cm³/mol. The summed E-state index contributed by atoms with van der Waals surface area (Å²) in [5, 5.41) is 5.71. The number of ketones is 1. The standard InChI is InChI=1S/C22H25N3O4/c1-13-19-17(9-4-10-18(19)26)24-20(13)22(28)25-16-8-3-2-7-15(16)21(27)23-12-14-6-5-11-29-14/h2-3,7-8,14,24H,4-6,9-12H2,1H3,(H,23,27)(H,25,28). The van der Waals surface area contributed by atoms with Crippen molar-refractivity contribution in [3.63, 3.8) is 0 Å². The number of hydrogen-bond donors (Lipinski definition) is 3. The summed E-state index contributed by atoms with van der Waals surface area (Å²) in [5.74, 6) is -0.536. The first kappa shape index (κ1) is 19.4. The van der Waals surface area contributed by atoms with Crippen LogP contribution in [0, 0.1) is 6.92 Å². The zero-order valence-electron chi connectivity index (χ0n) is 16.5. The average Bonchev–Trinajstić information content (AvgIpc) is 3.35. The summed E-state index contributed by atoms with van der Waals surface area (Å²) in [6.07, 6.45) is 4.06. The predicted octanol–water partition coefficient (Wildman–Crippen LogP) is 3.00. The molecular formula is C22H25N3O4. The van der Waals surface area contributed by atoms with Crippen molar-refractivity contribution in [2.45, 2.75) is 45.1 Å². The second kappa shape index (κ2) is 8.21. The van der Waals surface area contributed by atoms with E-state index in [1.165, 1.54) is 0 Å². The number of nitrogens with one attached hydrogen (secondary N) is 3. The second-order valence-corrected chi connectivity index (χ2v) is 7.60. The van der Waals surface area contributed by atoms with E-state index in [1.54, 1.807) is 31.2 Å². The van der Waals surface area contributed by atoms with Gasteiger partial charge in [0.15, 0.2) is 5.78 Å². The van der Waals surface area contributed by atoms with E-state index < -0.39 is 0 Å². The molecule has 152 valence electrons. The Hall–Kier alpha value is -2.93. The number of hydrogen-bond acceptors (Lipinski definition) is 4. The van der Waals surface area contributed by atoms with Gasteiger partial charge < -0.3 is 20.4 Å². The quantitative estimate of drug-likeness (QED) is 0.724. The first-order valence-electron chi connectivity index (χ1n) is 10.1. The van der Waals surface area contributed by atoms with Crippen LogP contribution in [0.4, 0.5) is 5.69 Å². The SMILES string of the molecule is Cc1c(C(=O)Nc2ccccc2C(=O)NCC2CCCO2)[nH]c2c1C(=O)CCC2. The van der Waals surface area contributed by atoms with Crippen LogP contribution in [0.1, 0.15) is 68.1 Å². The molecule has 2 aromatic rings. The Balaban J connectivity index is 1.50. The highest BCUT2D eigenvalue weighted by atomic mass is 16.5. The van der Waals surface area contributed by atoms with Gasteiger partial charge in [-0.1, -0.05) is 12.1 Å². The number of H-pyrrole nitrogens is 1. The maximum Gasteiger partial charge on any atom is 0.272 e. The van der Waals surface area contributed by atoms with E-state index in [2.05, 4.69) is 15.6 Å². The van der Waals surface area contributed by atoms with Gasteiger partial charge >= 0.3 is 0 Å². The lowest BCUT2D eigenvalue weighted by atomic mass is 9.94. The van der Waals surface area contributed by atoms with E-state index in [9.17, 15) is 14.4 Å². The molecule has 2 heterocycles. The Morgan fingerprint density at radius 2 is 2.00 bits per heavy atom. The minimum Gasteiger partial charge on any atom is -0.376 e. The lowest BCUT2D eigenvalue weighted by Crippen LogP contribution is -2.32. The van der Waals surface area contributed by atoms with Crippen molar-refractivity contribution in [2.24, 2.45) is 0 Å². The Kier molecular flexibility index (Phi) is 5.49. The summed E-state index contributed by atoms with van der Waals surface area (Å²) < 4.78 is 5.54. The third-order valence-electron chi connectivity index (χ3n) is 5.60. The topological polar surface area (TPSA) is 100 Å². The summed E-state index contributed by atoms with van der Waals surface area (Å²) in [6, 6.07) is 6.90. The minimum atomic E-state index is -0.357. The summed E-state index contributed by atoms with van der Waals surface area (Å²) in [5.41, 5.74) is 3.34. The highest BCUT2D eigenvalue weighted by Crippen LogP contribution is 2.27. The summed E-state index contributed by atoms with van der Waals surface area (Å²) >= 11 is 0. The fourth-order valence-corrected chi connectivity index (χ4v) is 4.08. The lowest BCUT2D eigenvalue weighted by Gasteiger charge is -2.13. The van der Waals surface area contributed by atoms with Gasteiger partial charge in [-0.25, -0.2) is 0 Å². The number of aromatic nitrogens is 1. The Morgan fingerprint density at radius 3 is 2.76 bits per heavy atom. The number of rotatable bonds is 5. The Morgan fingerprint density at radius 1 is 1.17 bits per heavy atom. The zero-order valence-corrected chi connectivity index (χ0v) is 16.5. The maximum atomic E-state index is 12.9. The molecule has 1 aromatic carbocycles. The van der Waals surface area contributed by atoms with Crippen LogP contribution in [0.2, 0.25) is 0 Å². The van der Waals surface area contributed by atoms with Crippen LogP contribution in [0.5, 0.6) is 0 Å². The molecule has 2 aliphatic rings. The third-order valence-corrected chi connectivity index (χ3v) is 5.60. The van der Waals surface area contributed by atoms with E-state index in [0.29, 0.717) is 41.0 Å². The van der Waals surface area contributed by atoms with Crippen molar-refractivity contribution >= 4 is 23.3 Å². The van der Waals surface area contributed by atoms with Crippen molar-refractivity contribution in [1.82, 2.24) is 10.3 Å². The monoisotopic (exact) mass is 395 g/mol. The molecule has 1 saturated heterocycles. The molecule has 3 N–H and O–H groups in total. The normalized spacial score (nSPS) is 18.4. The number of fused-ring (bicyclic) bond motifs is 1. The summed E-state index contributed by atoms with van der Waals surface area (Å²) in [4.78, 5) is 40.9. The number of Topliss-reactive ketones (excluding diaryl/α,β-unsaturated/α-hetero) is 1. The minimum absolute atomic E-state index is 0.0473. The van der Waals surface area contributed by atoms with E-state index in [4.69, 9.17) is 4.74 Å². The fourth-order valence-electron chi connectivity index (χ4n) is 4.08. The second-order valence-electron chi connectivity index (χ2n) is 7.60. The average molecular weight is 395 g/mol. The van der Waals surface area contributed by atoms with Gasteiger partial charge in [-0.3, -0.25) is 14.4 Å². The van der Waals surface area contributed by atoms with Gasteiger partial charge in [0.2, 0.25) is 0 Å². The van der Waals surface area contributed by atoms with E-state index in [1.807, 2.05) is 0 Å². The molecule has 0 saturated carbocycles. The van der Waals surface area contributed by atoms with Gasteiger partial charge in [0.25, 0.3) is 11.8 Å². The van der Waals surface area contributed by atoms with Crippen LogP contribution in [-0.2, 0) is 11.2 Å². The zero-order chi connectivity index (χ0) is 20.4. The van der Waals surface area contributed by atoms with Crippen LogP contribution < -0.4 is 10.6 Å². The summed E-state index contributed by atoms with van der Waals surface area (Å²) in [7, 11) is 0. The number of carbonyl (C=O) groups is 3. The molecule has 4 rings (SSSR count). The van der Waals surface area contributed by atoms with E-state index in [0.717, 1.165) is 38.0 Å². The van der Waals surface area contributed by atoms with Crippen molar-refractivity contribution in [2.75, 3.05) is 18.5 Å². The van der Waals surface area contributed by atoms with Gasteiger partial charge in [-0.2, -0.15) is 0 Å². The number of anilines is 1. The molecule has 29 heavy (non-hydrogen) atoms. The number of benzene rings is 1. The van der Waals surface area contributed by atoms with Gasteiger partial charge in [0.05, 0.1) is 17.4 Å². The highest BCUT2D eigenvalue weighted by molar-refractivity contribution is 6.11. The first-order chi connectivity index (χ1) is 14.0. The molecular weight excluding hydrogens is 370 g/mol. The molecule has 7 heteroatoms. The van der Waals surface area contributed by atoms with Crippen LogP contribution in [0.25, 0.3) is 0 Å². The molecule has 1 aromatic heterocycles. The molecule has 1 aliphatic carbocycles. The molecule has 1 unspecified atom stereocenters. The number of aromatic amines is 1. The largest absolute Gasteiger partial charge is 0.376 e. The number of amides is 2. The van der Waals surface area contributed by atoms with Crippen molar-refractivity contribution in [1.29, 1.82) is 0 Å². The molecule has 0 radical (unpaired) electrons. The number of aryl methyl sites for hydroxylation is 1. The van der Waals surface area contributed by atoms with E-state index in [-0.39, 0.29) is 23.7 Å². The molecule has 0 bridgehead atoms. The van der Waals surface area contributed by atoms with Crippen LogP contribution in [0.15, 0.2) is 24.3 Å². The van der Waals surface area contributed by atoms with Gasteiger partial charge in [0.1, 0.15) is 5.69 Å². The van der Waals surface area contributed by atoms with Crippen LogP contribution >= 0.6 is 0 Å². The highest BCUT2D eigenvalue weighted by Gasteiger charge is 2.27. The Bertz CT molecular complexity index is 957. The maximum absolute atomic E-state index is 12.9. The fraction of sp³-hybridized carbons (Fsp3) is 0.409. The lowest BCUT2D eigenvalue weighted by molar-refractivity contribution is 0.0858. The first-order valence-corrected chi connectivity index (χ1v) is 10.1. The van der Waals surface area contributed by atoms with Crippen LogP contribution in [0.3, 0.4) is 0 Å². The summed E-state index contributed by atoms with van der Waals surface area (Å²) in [6.45, 7) is 2.97. The Labute approximate surface area is 169 Å². The molecule has 1 atom stereocenters. The number of para-hydroxylation sites is 1. The molecule has 0 spiro atoms. The molecule has 1 aliphatic heterocycles. The van der Waals surface area contributed by atoms with Crippen molar-refractivity contribution in [3.05, 3.63) is 52.3 Å². The van der Waals surface area contributed by atoms with Gasteiger partial charge in [-0.15, -0.1) is 0 Å². The van der Waals surface area contributed by atoms with Gasteiger partial charge in [-0.05, 0) is 50.3 Å². The van der Waals surface area contributed by atoms with Gasteiger partial charge in [0, 0.05) is 30.8 Å². The smallest absolute Gasteiger partial charge is 0.272 e. The van der Waals surface area contributed by atoms with Crippen molar-refractivity contribution in [3.8, 4) is 0 Å².